The number of ether oxygens (including phenoxy) is 4. The topological polar surface area (TPSA) is 398 Å². The van der Waals surface area contributed by atoms with Gasteiger partial charge >= 0.3 is 24.1 Å². The normalized spacial score (nSPS) is 17.3. The summed E-state index contributed by atoms with van der Waals surface area (Å²) in [4.78, 5) is 165. The Balaban J connectivity index is 0.000000325. The van der Waals surface area contributed by atoms with Crippen molar-refractivity contribution in [2.45, 2.75) is 242 Å². The molecule has 4 aliphatic rings. The first-order valence-electron chi connectivity index (χ1n) is 40.6. The summed E-state index contributed by atoms with van der Waals surface area (Å²) in [7, 11) is 2.52. The van der Waals surface area contributed by atoms with Gasteiger partial charge in [0.15, 0.2) is 11.6 Å². The van der Waals surface area contributed by atoms with Crippen LogP contribution in [0.15, 0.2) is 121 Å². The Kier molecular flexibility index (Phi) is 35.6. The lowest BCUT2D eigenvalue weighted by Gasteiger charge is -2.41. The van der Waals surface area contributed by atoms with Crippen LogP contribution in [0.4, 0.5) is 9.59 Å². The van der Waals surface area contributed by atoms with Crippen molar-refractivity contribution in [2.24, 2.45) is 46.8 Å². The second-order valence-electron chi connectivity index (χ2n) is 33.3. The molecule has 114 heavy (non-hydrogen) atoms. The number of hydrogen-bond acceptors (Lipinski definition) is 19. The molecule has 4 aromatic rings. The molecular formula is C87H125N11O16. The van der Waals surface area contributed by atoms with Gasteiger partial charge in [0, 0.05) is 63.3 Å². The maximum absolute atomic E-state index is 14.4. The highest BCUT2D eigenvalue weighted by atomic mass is 16.6. The maximum atomic E-state index is 14.4. The molecule has 8 rings (SSSR count). The molecule has 8 amide bonds. The van der Waals surface area contributed by atoms with Gasteiger partial charge in [-0.25, -0.2) is 14.4 Å². The van der Waals surface area contributed by atoms with Crippen LogP contribution in [0.5, 0.6) is 0 Å². The van der Waals surface area contributed by atoms with E-state index in [2.05, 4.69) is 31.9 Å². The van der Waals surface area contributed by atoms with Crippen molar-refractivity contribution in [3.8, 4) is 0 Å². The van der Waals surface area contributed by atoms with E-state index in [0.29, 0.717) is 70.3 Å². The lowest BCUT2D eigenvalue weighted by atomic mass is 9.87. The summed E-state index contributed by atoms with van der Waals surface area (Å²) in [6.45, 7) is 13.7. The van der Waals surface area contributed by atoms with Gasteiger partial charge in [-0.3, -0.25) is 43.2 Å². The minimum atomic E-state index is -1.43. The number of likely N-dealkylation sites (tertiary alicyclic amines) is 2. The first-order valence-corrected chi connectivity index (χ1v) is 40.6. The second kappa shape index (κ2) is 44.3. The van der Waals surface area contributed by atoms with Crippen LogP contribution in [-0.2, 0) is 92.6 Å². The second-order valence-corrected chi connectivity index (χ2v) is 33.3. The van der Waals surface area contributed by atoms with Crippen molar-refractivity contribution in [3.05, 3.63) is 144 Å². The summed E-state index contributed by atoms with van der Waals surface area (Å²) in [5.41, 5.74) is 17.9. The first kappa shape index (κ1) is 91.6. The standard InChI is InChI=1S/C49H71N5O10.C38H54N6O6/c1-33(29-34-17-11-9-12-18-34)41(56)52-39(31-35-19-13-10-14-20-35)40(55)32-37(30-36-22-23-36)42(57)51-38(21-15-16-26-50-45(60)63-47(2,3)4)43(58)54-27-24-49(25-28-54,44(59)62-8)53-46(61)64-48(5,6)7;1-50-37(49)38(41)17-20-44(21-18-38)36(48)31(14-8-9-19-39)42-34(46)29(22-28-15-16-28)25-33(45)32(24-27-12-6-3-7-13-27)43-35(47)30(40)23-26-10-4-2-5-11-26/h9-14,17-20,33,36-39H,15-16,21-32H2,1-8H3,(H,50,60)(H,51,57)(H,52,56)(H,53,61);2-7,10-13,28-32H,8-9,14-25,39-41H2,1H3,(H,42,46)(H,43,47)/t33-,37+,38-,39-;29-,30+,31+,32+/m10/s1. The lowest BCUT2D eigenvalue weighted by molar-refractivity contribution is -0.153. The molecule has 4 aromatic carbocycles. The van der Waals surface area contributed by atoms with Crippen LogP contribution >= 0.6 is 0 Å². The Bertz CT molecular complexity index is 3800. The number of hydrogen-bond donors (Lipinski definition) is 9. The molecule has 12 N–H and O–H groups in total. The van der Waals surface area contributed by atoms with Crippen LogP contribution in [0.2, 0.25) is 0 Å². The number of rotatable bonds is 40. The van der Waals surface area contributed by atoms with Crippen molar-refractivity contribution < 1.29 is 76.5 Å². The molecule has 2 aliphatic heterocycles. The Labute approximate surface area is 672 Å². The van der Waals surface area contributed by atoms with E-state index in [1.54, 1.807) is 51.3 Å². The van der Waals surface area contributed by atoms with Gasteiger partial charge in [0.25, 0.3) is 0 Å². The molecule has 27 nitrogen and oxygen atoms in total. The van der Waals surface area contributed by atoms with Gasteiger partial charge in [0.2, 0.25) is 35.4 Å². The molecule has 2 saturated carbocycles. The van der Waals surface area contributed by atoms with Crippen LogP contribution in [0.1, 0.15) is 186 Å². The van der Waals surface area contributed by atoms with Gasteiger partial charge in [-0.05, 0) is 185 Å². The predicted octanol–water partition coefficient (Wildman–Crippen LogP) is 7.97. The highest BCUT2D eigenvalue weighted by Gasteiger charge is 2.48. The van der Waals surface area contributed by atoms with Gasteiger partial charge in [-0.2, -0.15) is 0 Å². The van der Waals surface area contributed by atoms with E-state index in [-0.39, 0.29) is 132 Å². The number of piperidine rings is 2. The van der Waals surface area contributed by atoms with Gasteiger partial charge in [0.05, 0.1) is 32.3 Å². The highest BCUT2D eigenvalue weighted by Crippen LogP contribution is 2.38. The van der Waals surface area contributed by atoms with Gasteiger partial charge in [-0.1, -0.05) is 154 Å². The van der Waals surface area contributed by atoms with Crippen LogP contribution in [0, 0.1) is 29.6 Å². The smallest absolute Gasteiger partial charge is 0.408 e. The third kappa shape index (κ3) is 31.0. The van der Waals surface area contributed by atoms with E-state index in [1.165, 1.54) is 14.2 Å². The minimum absolute atomic E-state index is 0.0441. The summed E-state index contributed by atoms with van der Waals surface area (Å²) in [6, 6.07) is 33.5. The molecule has 4 fully saturated rings. The molecule has 0 bridgehead atoms. The molecule has 2 heterocycles. The van der Waals surface area contributed by atoms with Gasteiger partial charge in [0.1, 0.15) is 34.4 Å². The molecule has 624 valence electrons. The number of unbranched alkanes of at least 4 members (excludes halogenated alkanes) is 2. The zero-order valence-corrected chi connectivity index (χ0v) is 68.3. The maximum Gasteiger partial charge on any atom is 0.408 e. The molecule has 0 radical (unpaired) electrons. The average molecular weight is 1580 g/mol. The molecule has 0 unspecified atom stereocenters. The Morgan fingerprint density at radius 2 is 0.851 bits per heavy atom. The number of ketones is 2. The molecule has 2 saturated heterocycles. The number of methoxy groups -OCH3 is 2. The van der Waals surface area contributed by atoms with Crippen LogP contribution in [0.25, 0.3) is 0 Å². The van der Waals surface area contributed by atoms with Crippen LogP contribution in [0.3, 0.4) is 0 Å². The molecule has 0 aromatic heterocycles. The molecule has 27 heteroatoms. The van der Waals surface area contributed by atoms with Crippen molar-refractivity contribution in [3.63, 3.8) is 0 Å². The fourth-order valence-electron chi connectivity index (χ4n) is 14.4. The number of alkyl carbamates (subject to hydrolysis) is 2. The predicted molar refractivity (Wildman–Crippen MR) is 432 cm³/mol. The zero-order chi connectivity index (χ0) is 83.2. The third-order valence-corrected chi connectivity index (χ3v) is 21.3. The number of nitrogens with one attached hydrogen (secondary N) is 6. The fourth-order valence-corrected chi connectivity index (χ4v) is 14.4. The summed E-state index contributed by atoms with van der Waals surface area (Å²) in [5, 5.41) is 17.3. The Hall–Kier alpha value is -9.60. The van der Waals surface area contributed by atoms with Gasteiger partial charge < -0.3 is 77.8 Å². The fraction of sp³-hybridized carbons (Fsp3) is 0.586. The summed E-state index contributed by atoms with van der Waals surface area (Å²) < 4.78 is 20.7. The monoisotopic (exact) mass is 1580 g/mol. The third-order valence-electron chi connectivity index (χ3n) is 21.3. The van der Waals surface area contributed by atoms with E-state index < -0.39 is 106 Å². The van der Waals surface area contributed by atoms with Crippen LogP contribution in [-0.4, -0.2) is 187 Å². The number of nitrogens with two attached hydrogens (primary N) is 3. The Morgan fingerprint density at radius 3 is 1.25 bits per heavy atom. The highest BCUT2D eigenvalue weighted by molar-refractivity contribution is 5.97. The number of carbonyl (C=O) groups is 12. The number of Topliss-reactive ketones (excluding diaryl/α,β-unsaturated/α-hetero) is 2. The number of esters is 2. The van der Waals surface area contributed by atoms with E-state index >= 15 is 0 Å². The van der Waals surface area contributed by atoms with Gasteiger partial charge in [-0.15, -0.1) is 0 Å². The summed E-state index contributed by atoms with van der Waals surface area (Å²) in [6.07, 6.45) is 7.99. The van der Waals surface area contributed by atoms with E-state index in [0.717, 1.165) is 47.9 Å². The number of amides is 8. The van der Waals surface area contributed by atoms with E-state index in [4.69, 9.17) is 36.1 Å². The number of benzene rings is 4. The van der Waals surface area contributed by atoms with Crippen molar-refractivity contribution in [1.82, 2.24) is 41.7 Å². The minimum Gasteiger partial charge on any atom is -0.468 e. The molecule has 0 spiro atoms. The average Bonchev–Trinajstić information content (AvgIpc) is 1.30. The quantitative estimate of drug-likeness (QED) is 0.0116. The lowest BCUT2D eigenvalue weighted by Crippen LogP contribution is -2.62. The van der Waals surface area contributed by atoms with Crippen molar-refractivity contribution in [2.75, 3.05) is 53.5 Å². The van der Waals surface area contributed by atoms with Crippen LogP contribution < -0.4 is 49.1 Å². The van der Waals surface area contributed by atoms with Crippen molar-refractivity contribution >= 4 is 71.1 Å². The Morgan fingerprint density at radius 1 is 0.474 bits per heavy atom. The van der Waals surface area contributed by atoms with E-state index in [9.17, 15) is 57.5 Å². The molecule has 8 atom stereocenters. The SMILES string of the molecule is COC(=O)C1(N)CCN(C(=O)[C@@H](CCCCN)NC(=O)[C@H](CC(=O)[C@@H](Cc2ccccc2)NC(=O)[C@H](N)Cc2ccccc2)CC2CC2)CC1.COC(=O)C1(NC(=O)OC(C)(C)C)CCN(C(=O)[C@@H](CCCCNC(=O)OC(C)(C)C)NC(=O)[C@H](CC(=O)[C@@H](Cc2ccccc2)NC(=O)[C@H](C)Cc2ccccc2)CC2CC2)CC1. The molecule has 2 aliphatic carbocycles. The first-order chi connectivity index (χ1) is 54.2. The summed E-state index contributed by atoms with van der Waals surface area (Å²) in [5.74, 6) is -5.07. The zero-order valence-electron chi connectivity index (χ0n) is 68.3. The van der Waals surface area contributed by atoms with Crippen molar-refractivity contribution in [1.29, 1.82) is 0 Å². The van der Waals surface area contributed by atoms with E-state index in [1.807, 2.05) is 128 Å². The number of nitrogens with zero attached hydrogens (tertiary/aromatic N) is 2. The largest absolute Gasteiger partial charge is 0.468 e. The molecular weight excluding hydrogens is 1460 g/mol. The summed E-state index contributed by atoms with van der Waals surface area (Å²) >= 11 is 0. The number of carbonyl (C=O) groups excluding carboxylic acids is 12.